The lowest BCUT2D eigenvalue weighted by molar-refractivity contribution is -0.117. The lowest BCUT2D eigenvalue weighted by atomic mass is 9.91. The summed E-state index contributed by atoms with van der Waals surface area (Å²) in [6, 6.07) is 12.5. The number of pyridine rings is 1. The van der Waals surface area contributed by atoms with Gasteiger partial charge in [0.25, 0.3) is 5.91 Å². The van der Waals surface area contributed by atoms with E-state index in [-0.39, 0.29) is 18.4 Å². The average molecular weight is 434 g/mol. The smallest absolute Gasteiger partial charge is 0.252 e. The first-order chi connectivity index (χ1) is 15.7. The molecule has 32 heavy (non-hydrogen) atoms. The van der Waals surface area contributed by atoms with Crippen LogP contribution in [0.15, 0.2) is 42.6 Å². The molecule has 2 amide bonds. The van der Waals surface area contributed by atoms with Crippen molar-refractivity contribution in [3.05, 3.63) is 53.7 Å². The van der Waals surface area contributed by atoms with Gasteiger partial charge in [0.05, 0.1) is 17.8 Å². The number of fused-ring (bicyclic) bond motifs is 1. The highest BCUT2D eigenvalue weighted by molar-refractivity contribution is 6.04. The Morgan fingerprint density at radius 2 is 2.03 bits per heavy atom. The number of nitrogens with one attached hydrogen (secondary N) is 2. The molecule has 1 aromatic carbocycles. The maximum absolute atomic E-state index is 12.8. The molecule has 1 saturated heterocycles. The van der Waals surface area contributed by atoms with Gasteiger partial charge in [-0.3, -0.25) is 9.59 Å². The van der Waals surface area contributed by atoms with Crippen LogP contribution in [-0.4, -0.2) is 61.0 Å². The van der Waals surface area contributed by atoms with Crippen LogP contribution in [0.5, 0.6) is 0 Å². The second-order valence-electron chi connectivity index (χ2n) is 9.20. The first-order valence-electron chi connectivity index (χ1n) is 11.8. The fourth-order valence-electron chi connectivity index (χ4n) is 4.75. The predicted octanol–water partition coefficient (Wildman–Crippen LogP) is 2.86. The van der Waals surface area contributed by atoms with E-state index < -0.39 is 0 Å². The van der Waals surface area contributed by atoms with Gasteiger partial charge in [0.15, 0.2) is 0 Å². The molecule has 168 valence electrons. The van der Waals surface area contributed by atoms with Gasteiger partial charge in [-0.25, -0.2) is 4.98 Å². The monoisotopic (exact) mass is 433 g/mol. The SMILES string of the molecule is O=C(NCCN1CCCC(c2ccccc2)C1)c1cnc2c(c1)N(CC1CC1)C(=O)CN2. The quantitative estimate of drug-likeness (QED) is 0.702. The Hall–Kier alpha value is -2.93. The molecule has 3 aliphatic rings. The third-order valence-corrected chi connectivity index (χ3v) is 6.76. The Bertz CT molecular complexity index is 976. The zero-order valence-electron chi connectivity index (χ0n) is 18.4. The van der Waals surface area contributed by atoms with Crippen LogP contribution in [0.4, 0.5) is 11.5 Å². The fraction of sp³-hybridized carbons (Fsp3) is 0.480. The minimum atomic E-state index is -0.138. The van der Waals surface area contributed by atoms with E-state index in [0.29, 0.717) is 29.8 Å². The number of benzene rings is 1. The average Bonchev–Trinajstić information content (AvgIpc) is 3.66. The van der Waals surface area contributed by atoms with Crippen LogP contribution in [0.2, 0.25) is 0 Å². The molecule has 1 saturated carbocycles. The zero-order valence-corrected chi connectivity index (χ0v) is 18.4. The molecule has 3 heterocycles. The number of aromatic nitrogens is 1. The van der Waals surface area contributed by atoms with Crippen molar-refractivity contribution in [1.29, 1.82) is 0 Å². The lowest BCUT2D eigenvalue weighted by Gasteiger charge is -2.33. The molecule has 0 spiro atoms. The summed E-state index contributed by atoms with van der Waals surface area (Å²) in [7, 11) is 0. The molecule has 2 aliphatic heterocycles. The second-order valence-corrected chi connectivity index (χ2v) is 9.20. The maximum Gasteiger partial charge on any atom is 0.252 e. The first kappa shape index (κ1) is 20.9. The summed E-state index contributed by atoms with van der Waals surface area (Å²) in [5.74, 6) is 1.73. The standard InChI is InChI=1S/C25H31N5O2/c31-23-15-28-24-22(30(23)16-18-8-9-18)13-21(14-27-24)25(32)26-10-12-29-11-4-7-20(17-29)19-5-2-1-3-6-19/h1-3,5-6,13-14,18,20H,4,7-12,15-17H2,(H,26,32)(H,27,28). The number of amides is 2. The molecule has 5 rings (SSSR count). The summed E-state index contributed by atoms with van der Waals surface area (Å²) >= 11 is 0. The summed E-state index contributed by atoms with van der Waals surface area (Å²) in [6.45, 7) is 4.52. The van der Waals surface area contributed by atoms with Crippen molar-refractivity contribution in [3.63, 3.8) is 0 Å². The molecule has 0 bridgehead atoms. The van der Waals surface area contributed by atoms with E-state index >= 15 is 0 Å². The largest absolute Gasteiger partial charge is 0.359 e. The minimum Gasteiger partial charge on any atom is -0.359 e. The van der Waals surface area contributed by atoms with Crippen molar-refractivity contribution in [3.8, 4) is 0 Å². The van der Waals surface area contributed by atoms with Crippen LogP contribution in [0, 0.1) is 5.92 Å². The number of carbonyl (C=O) groups excluding carboxylic acids is 2. The molecule has 7 heteroatoms. The molecule has 2 fully saturated rings. The highest BCUT2D eigenvalue weighted by Crippen LogP contribution is 2.35. The summed E-state index contributed by atoms with van der Waals surface area (Å²) in [4.78, 5) is 33.8. The van der Waals surface area contributed by atoms with Gasteiger partial charge < -0.3 is 20.4 Å². The number of anilines is 2. The maximum atomic E-state index is 12.8. The number of piperidine rings is 1. The molecule has 2 N–H and O–H groups in total. The van der Waals surface area contributed by atoms with E-state index in [1.54, 1.807) is 17.2 Å². The number of hydrogen-bond donors (Lipinski definition) is 2. The molecule has 7 nitrogen and oxygen atoms in total. The van der Waals surface area contributed by atoms with Gasteiger partial charge in [-0.15, -0.1) is 0 Å². The van der Waals surface area contributed by atoms with Gasteiger partial charge in [-0.05, 0) is 55.7 Å². The van der Waals surface area contributed by atoms with E-state index in [0.717, 1.165) is 31.9 Å². The van der Waals surface area contributed by atoms with Crippen molar-refractivity contribution in [2.24, 2.45) is 5.92 Å². The van der Waals surface area contributed by atoms with E-state index in [2.05, 4.69) is 50.8 Å². The van der Waals surface area contributed by atoms with Gasteiger partial charge in [-0.2, -0.15) is 0 Å². The van der Waals surface area contributed by atoms with E-state index in [9.17, 15) is 9.59 Å². The summed E-state index contributed by atoms with van der Waals surface area (Å²) in [5, 5.41) is 6.11. The van der Waals surface area contributed by atoms with Gasteiger partial charge in [0.1, 0.15) is 5.82 Å². The number of nitrogens with zero attached hydrogens (tertiary/aromatic N) is 3. The first-order valence-corrected chi connectivity index (χ1v) is 11.8. The molecule has 1 atom stereocenters. The Kier molecular flexibility index (Phi) is 6.08. The van der Waals surface area contributed by atoms with Crippen molar-refractivity contribution in [2.45, 2.75) is 31.6 Å². The normalized spacial score (nSPS) is 21.1. The van der Waals surface area contributed by atoms with Crippen LogP contribution in [-0.2, 0) is 4.79 Å². The van der Waals surface area contributed by atoms with E-state index in [4.69, 9.17) is 0 Å². The van der Waals surface area contributed by atoms with Crippen molar-refractivity contribution >= 4 is 23.3 Å². The molecule has 1 unspecified atom stereocenters. The molecular weight excluding hydrogens is 402 g/mol. The van der Waals surface area contributed by atoms with Crippen LogP contribution in [0.25, 0.3) is 0 Å². The number of hydrogen-bond acceptors (Lipinski definition) is 5. The van der Waals surface area contributed by atoms with Crippen molar-refractivity contribution in [1.82, 2.24) is 15.2 Å². The minimum absolute atomic E-state index is 0.0434. The molecule has 1 aromatic heterocycles. The van der Waals surface area contributed by atoms with Crippen molar-refractivity contribution < 1.29 is 9.59 Å². The number of carbonyl (C=O) groups is 2. The number of rotatable bonds is 7. The molecule has 2 aromatic rings. The zero-order chi connectivity index (χ0) is 21.9. The molecular formula is C25H31N5O2. The fourth-order valence-corrected chi connectivity index (χ4v) is 4.75. The Morgan fingerprint density at radius 1 is 1.19 bits per heavy atom. The highest BCUT2D eigenvalue weighted by atomic mass is 16.2. The van der Waals surface area contributed by atoms with Crippen LogP contribution >= 0.6 is 0 Å². The topological polar surface area (TPSA) is 77.6 Å². The third kappa shape index (κ3) is 4.78. The Balaban J connectivity index is 1.17. The van der Waals surface area contributed by atoms with E-state index in [1.165, 1.54) is 31.2 Å². The summed E-state index contributed by atoms with van der Waals surface area (Å²) in [5.41, 5.74) is 2.63. The van der Waals surface area contributed by atoms with Gasteiger partial charge in [0, 0.05) is 32.4 Å². The van der Waals surface area contributed by atoms with Crippen LogP contribution in [0.1, 0.15) is 47.5 Å². The number of likely N-dealkylation sites (tertiary alicyclic amines) is 1. The Morgan fingerprint density at radius 3 is 2.84 bits per heavy atom. The lowest BCUT2D eigenvalue weighted by Crippen LogP contribution is -2.42. The summed E-state index contributed by atoms with van der Waals surface area (Å²) in [6.07, 6.45) is 6.33. The highest BCUT2D eigenvalue weighted by Gasteiger charge is 2.32. The molecule has 1 aliphatic carbocycles. The predicted molar refractivity (Wildman–Crippen MR) is 125 cm³/mol. The summed E-state index contributed by atoms with van der Waals surface area (Å²) < 4.78 is 0. The second kappa shape index (κ2) is 9.28. The van der Waals surface area contributed by atoms with Crippen LogP contribution < -0.4 is 15.5 Å². The van der Waals surface area contributed by atoms with E-state index in [1.807, 2.05) is 0 Å². The molecule has 0 radical (unpaired) electrons. The third-order valence-electron chi connectivity index (χ3n) is 6.76. The van der Waals surface area contributed by atoms with Crippen LogP contribution in [0.3, 0.4) is 0 Å². The Labute approximate surface area is 189 Å². The van der Waals surface area contributed by atoms with Gasteiger partial charge >= 0.3 is 0 Å². The van der Waals surface area contributed by atoms with Gasteiger partial charge in [-0.1, -0.05) is 30.3 Å². The van der Waals surface area contributed by atoms with Crippen molar-refractivity contribution in [2.75, 3.05) is 49.5 Å². The van der Waals surface area contributed by atoms with Gasteiger partial charge in [0.2, 0.25) is 5.91 Å².